The highest BCUT2D eigenvalue weighted by atomic mass is 15.1. The first-order valence-corrected chi connectivity index (χ1v) is 7.81. The van der Waals surface area contributed by atoms with Crippen LogP contribution in [0.15, 0.2) is 48.5 Å². The van der Waals surface area contributed by atoms with Crippen molar-refractivity contribution in [3.63, 3.8) is 0 Å². The van der Waals surface area contributed by atoms with Crippen molar-refractivity contribution in [3.05, 3.63) is 54.1 Å². The number of rotatable bonds is 3. The van der Waals surface area contributed by atoms with E-state index in [1.165, 1.54) is 54.7 Å². The molecule has 1 aliphatic heterocycles. The Hall–Kier alpha value is -1.76. The van der Waals surface area contributed by atoms with Gasteiger partial charge in [0.1, 0.15) is 0 Å². The molecule has 0 aromatic heterocycles. The summed E-state index contributed by atoms with van der Waals surface area (Å²) in [5, 5.41) is 0. The van der Waals surface area contributed by atoms with Gasteiger partial charge in [-0.25, -0.2) is 0 Å². The number of aryl methyl sites for hydroxylation is 1. The second-order valence-electron chi connectivity index (χ2n) is 5.65. The van der Waals surface area contributed by atoms with E-state index in [-0.39, 0.29) is 0 Å². The van der Waals surface area contributed by atoms with Gasteiger partial charge in [0.05, 0.1) is 0 Å². The zero-order chi connectivity index (χ0) is 13.8. The molecular formula is C19H23N. The highest BCUT2D eigenvalue weighted by Crippen LogP contribution is 2.25. The number of hydrogen-bond donors (Lipinski definition) is 0. The van der Waals surface area contributed by atoms with Gasteiger partial charge in [0.15, 0.2) is 0 Å². The van der Waals surface area contributed by atoms with Crippen LogP contribution in [0.25, 0.3) is 11.1 Å². The molecule has 1 nitrogen and oxygen atoms in total. The molecule has 1 fully saturated rings. The third-order valence-electron chi connectivity index (χ3n) is 4.28. The molecule has 3 rings (SSSR count). The number of benzene rings is 2. The van der Waals surface area contributed by atoms with E-state index in [1.807, 2.05) is 0 Å². The van der Waals surface area contributed by atoms with E-state index in [0.717, 1.165) is 6.42 Å². The summed E-state index contributed by atoms with van der Waals surface area (Å²) in [5.41, 5.74) is 5.40. The fourth-order valence-electron chi connectivity index (χ4n) is 2.95. The Bertz CT molecular complexity index is 533. The molecule has 2 aromatic carbocycles. The Balaban J connectivity index is 1.77. The molecular weight excluding hydrogens is 242 g/mol. The van der Waals surface area contributed by atoms with Crippen molar-refractivity contribution in [1.29, 1.82) is 0 Å². The van der Waals surface area contributed by atoms with E-state index < -0.39 is 0 Å². The fourth-order valence-corrected chi connectivity index (χ4v) is 2.95. The molecule has 0 amide bonds. The first-order chi connectivity index (χ1) is 9.86. The second kappa shape index (κ2) is 6.13. The number of nitrogens with zero attached hydrogens (tertiary/aromatic N) is 1. The molecule has 0 unspecified atom stereocenters. The summed E-state index contributed by atoms with van der Waals surface area (Å²) >= 11 is 0. The van der Waals surface area contributed by atoms with Gasteiger partial charge in [-0.1, -0.05) is 43.3 Å². The zero-order valence-corrected chi connectivity index (χ0v) is 12.3. The van der Waals surface area contributed by atoms with Crippen LogP contribution in [0.4, 0.5) is 5.69 Å². The van der Waals surface area contributed by atoms with Crippen LogP contribution in [0.3, 0.4) is 0 Å². The van der Waals surface area contributed by atoms with Crippen LogP contribution >= 0.6 is 0 Å². The summed E-state index contributed by atoms with van der Waals surface area (Å²) in [5.74, 6) is 0. The Morgan fingerprint density at radius 3 is 1.85 bits per heavy atom. The van der Waals surface area contributed by atoms with Gasteiger partial charge >= 0.3 is 0 Å². The third kappa shape index (κ3) is 2.87. The molecule has 0 spiro atoms. The monoisotopic (exact) mass is 265 g/mol. The molecule has 0 N–H and O–H groups in total. The average Bonchev–Trinajstić information content (AvgIpc) is 2.56. The van der Waals surface area contributed by atoms with Gasteiger partial charge in [-0.2, -0.15) is 0 Å². The highest BCUT2D eigenvalue weighted by Gasteiger charge is 2.10. The molecule has 1 heteroatoms. The Morgan fingerprint density at radius 1 is 0.750 bits per heavy atom. The minimum Gasteiger partial charge on any atom is -0.372 e. The van der Waals surface area contributed by atoms with Gasteiger partial charge in [0, 0.05) is 18.8 Å². The van der Waals surface area contributed by atoms with Crippen LogP contribution in [-0.4, -0.2) is 13.1 Å². The predicted molar refractivity (Wildman–Crippen MR) is 87.3 cm³/mol. The van der Waals surface area contributed by atoms with Gasteiger partial charge in [-0.15, -0.1) is 0 Å². The minimum atomic E-state index is 1.11. The van der Waals surface area contributed by atoms with Crippen LogP contribution in [0.5, 0.6) is 0 Å². The molecule has 1 saturated heterocycles. The van der Waals surface area contributed by atoms with Crippen LogP contribution in [0, 0.1) is 0 Å². The lowest BCUT2D eigenvalue weighted by molar-refractivity contribution is 0.578. The number of anilines is 1. The van der Waals surface area contributed by atoms with E-state index in [2.05, 4.69) is 60.4 Å². The smallest absolute Gasteiger partial charge is 0.0366 e. The summed E-state index contributed by atoms with van der Waals surface area (Å²) in [4.78, 5) is 2.51. The predicted octanol–water partition coefficient (Wildman–Crippen LogP) is 4.91. The maximum atomic E-state index is 2.51. The third-order valence-corrected chi connectivity index (χ3v) is 4.28. The summed E-state index contributed by atoms with van der Waals surface area (Å²) in [6.45, 7) is 4.62. The van der Waals surface area contributed by atoms with Gasteiger partial charge in [0.2, 0.25) is 0 Å². The lowest BCUT2D eigenvalue weighted by Gasteiger charge is -2.28. The van der Waals surface area contributed by atoms with Crippen molar-refractivity contribution in [1.82, 2.24) is 0 Å². The summed E-state index contributed by atoms with van der Waals surface area (Å²) in [6.07, 6.45) is 5.16. The lowest BCUT2D eigenvalue weighted by Crippen LogP contribution is -2.29. The fraction of sp³-hybridized carbons (Fsp3) is 0.368. The molecule has 0 bridgehead atoms. The van der Waals surface area contributed by atoms with E-state index >= 15 is 0 Å². The van der Waals surface area contributed by atoms with E-state index in [4.69, 9.17) is 0 Å². The van der Waals surface area contributed by atoms with Gasteiger partial charge in [0.25, 0.3) is 0 Å². The topological polar surface area (TPSA) is 3.24 Å². The Kier molecular flexibility index (Phi) is 4.05. The number of piperidine rings is 1. The molecule has 1 heterocycles. The van der Waals surface area contributed by atoms with E-state index in [0.29, 0.717) is 0 Å². The van der Waals surface area contributed by atoms with Crippen molar-refractivity contribution in [3.8, 4) is 11.1 Å². The molecule has 2 aromatic rings. The quantitative estimate of drug-likeness (QED) is 0.762. The molecule has 0 aliphatic carbocycles. The van der Waals surface area contributed by atoms with Gasteiger partial charge in [-0.05, 0) is 54.5 Å². The highest BCUT2D eigenvalue weighted by molar-refractivity contribution is 5.66. The maximum Gasteiger partial charge on any atom is 0.0366 e. The van der Waals surface area contributed by atoms with Crippen molar-refractivity contribution < 1.29 is 0 Å². The van der Waals surface area contributed by atoms with Crippen LogP contribution < -0.4 is 4.90 Å². The van der Waals surface area contributed by atoms with Crippen molar-refractivity contribution in [2.24, 2.45) is 0 Å². The van der Waals surface area contributed by atoms with Gasteiger partial charge in [-0.3, -0.25) is 0 Å². The second-order valence-corrected chi connectivity index (χ2v) is 5.65. The van der Waals surface area contributed by atoms with Crippen LogP contribution in [0.1, 0.15) is 31.7 Å². The SMILES string of the molecule is CCc1ccc(-c2ccc(N3CCCCC3)cc2)cc1. The Morgan fingerprint density at radius 2 is 1.30 bits per heavy atom. The van der Waals surface area contributed by atoms with Crippen molar-refractivity contribution >= 4 is 5.69 Å². The summed E-state index contributed by atoms with van der Waals surface area (Å²) < 4.78 is 0. The first-order valence-electron chi connectivity index (χ1n) is 7.81. The minimum absolute atomic E-state index is 1.11. The first kappa shape index (κ1) is 13.2. The summed E-state index contributed by atoms with van der Waals surface area (Å²) in [6, 6.07) is 18.0. The lowest BCUT2D eigenvalue weighted by atomic mass is 10.0. The van der Waals surface area contributed by atoms with Gasteiger partial charge < -0.3 is 4.90 Å². The zero-order valence-electron chi connectivity index (χ0n) is 12.3. The average molecular weight is 265 g/mol. The normalized spacial score (nSPS) is 15.3. The van der Waals surface area contributed by atoms with E-state index in [9.17, 15) is 0 Å². The molecule has 0 radical (unpaired) electrons. The molecule has 20 heavy (non-hydrogen) atoms. The van der Waals surface area contributed by atoms with Crippen molar-refractivity contribution in [2.45, 2.75) is 32.6 Å². The molecule has 0 atom stereocenters. The molecule has 104 valence electrons. The maximum absolute atomic E-state index is 2.51. The standard InChI is InChI=1S/C19H23N/c1-2-16-6-8-17(9-7-16)18-10-12-19(13-11-18)20-14-4-3-5-15-20/h6-13H,2-5,14-15H2,1H3. The summed E-state index contributed by atoms with van der Waals surface area (Å²) in [7, 11) is 0. The Labute approximate surface area is 122 Å². The van der Waals surface area contributed by atoms with Crippen LogP contribution in [-0.2, 0) is 6.42 Å². The van der Waals surface area contributed by atoms with Crippen LogP contribution in [0.2, 0.25) is 0 Å². The number of hydrogen-bond acceptors (Lipinski definition) is 1. The van der Waals surface area contributed by atoms with E-state index in [1.54, 1.807) is 0 Å². The van der Waals surface area contributed by atoms with Crippen molar-refractivity contribution in [2.75, 3.05) is 18.0 Å². The largest absolute Gasteiger partial charge is 0.372 e. The molecule has 0 saturated carbocycles. The molecule has 1 aliphatic rings.